The highest BCUT2D eigenvalue weighted by Gasteiger charge is 2.38. The number of nitrogens with one attached hydrogen (secondary N) is 1. The first-order valence-corrected chi connectivity index (χ1v) is 11.0. The molecule has 0 saturated carbocycles. The van der Waals surface area contributed by atoms with E-state index in [4.69, 9.17) is 14.2 Å². The SMILES string of the molecule is COc1cc(C2C3=C(CCCC3=O)Nc3nc(-c4cccc([N+](=O)[O-])c4)nn32)cc(OC)c1OC. The number of nitro groups is 1. The van der Waals surface area contributed by atoms with Crippen molar-refractivity contribution in [2.75, 3.05) is 26.6 Å². The number of Topliss-reactive ketones (excluding diaryl/α,β-unsaturated/α-hetero) is 1. The molecule has 11 nitrogen and oxygen atoms in total. The van der Waals surface area contributed by atoms with Gasteiger partial charge in [-0.05, 0) is 30.5 Å². The molecule has 180 valence electrons. The number of benzene rings is 2. The Morgan fingerprint density at radius 2 is 1.83 bits per heavy atom. The molecule has 5 rings (SSSR count). The van der Waals surface area contributed by atoms with Gasteiger partial charge in [-0.3, -0.25) is 14.9 Å². The Hall–Kier alpha value is -4.41. The van der Waals surface area contributed by atoms with E-state index in [0.717, 1.165) is 12.1 Å². The van der Waals surface area contributed by atoms with Gasteiger partial charge in [-0.1, -0.05) is 12.1 Å². The number of fused-ring (bicyclic) bond motifs is 1. The Morgan fingerprint density at radius 3 is 2.49 bits per heavy atom. The van der Waals surface area contributed by atoms with Crippen LogP contribution in [0, 0.1) is 10.1 Å². The highest BCUT2D eigenvalue weighted by molar-refractivity contribution is 5.99. The summed E-state index contributed by atoms with van der Waals surface area (Å²) >= 11 is 0. The first kappa shape index (κ1) is 22.4. The number of hydrogen-bond acceptors (Lipinski definition) is 9. The van der Waals surface area contributed by atoms with Gasteiger partial charge < -0.3 is 19.5 Å². The summed E-state index contributed by atoms with van der Waals surface area (Å²) in [6.45, 7) is 0. The summed E-state index contributed by atoms with van der Waals surface area (Å²) in [4.78, 5) is 28.5. The minimum atomic E-state index is -0.595. The Bertz CT molecular complexity index is 1350. The van der Waals surface area contributed by atoms with Gasteiger partial charge >= 0.3 is 0 Å². The first-order valence-electron chi connectivity index (χ1n) is 11.0. The number of aromatic nitrogens is 3. The standard InChI is InChI=1S/C24H23N5O6/c1-33-18-11-14(12-19(34-2)22(18)35-3)21-20-16(8-5-9-17(20)30)25-24-26-23(27-28(21)24)13-6-4-7-15(10-13)29(31)32/h4,6-7,10-12,21H,5,8-9H2,1-3H3,(H,25,26,27). The fourth-order valence-corrected chi connectivity index (χ4v) is 4.60. The largest absolute Gasteiger partial charge is 0.493 e. The number of nitro benzene ring substituents is 1. The Balaban J connectivity index is 1.70. The first-order chi connectivity index (χ1) is 16.9. The summed E-state index contributed by atoms with van der Waals surface area (Å²) in [6, 6.07) is 9.13. The molecule has 2 aromatic carbocycles. The molecule has 2 heterocycles. The van der Waals surface area contributed by atoms with Crippen molar-refractivity contribution in [3.8, 4) is 28.6 Å². The van der Waals surface area contributed by atoms with Crippen molar-refractivity contribution in [2.24, 2.45) is 0 Å². The molecule has 1 unspecified atom stereocenters. The molecule has 3 aromatic rings. The maximum absolute atomic E-state index is 13.1. The molecule has 0 spiro atoms. The summed E-state index contributed by atoms with van der Waals surface area (Å²) in [5.41, 5.74) is 2.55. The lowest BCUT2D eigenvalue weighted by atomic mass is 9.85. The molecule has 1 aliphatic heterocycles. The molecule has 1 aromatic heterocycles. The van der Waals surface area contributed by atoms with Crippen LogP contribution in [0.4, 0.5) is 11.6 Å². The van der Waals surface area contributed by atoms with Gasteiger partial charge in [0.05, 0.1) is 26.3 Å². The molecule has 0 fully saturated rings. The van der Waals surface area contributed by atoms with Gasteiger partial charge in [0, 0.05) is 35.4 Å². The molecule has 2 aliphatic rings. The molecule has 0 bridgehead atoms. The second-order valence-electron chi connectivity index (χ2n) is 8.17. The molecule has 0 saturated heterocycles. The maximum atomic E-state index is 13.1. The number of ketones is 1. The van der Waals surface area contributed by atoms with E-state index in [2.05, 4.69) is 15.4 Å². The van der Waals surface area contributed by atoms with Crippen LogP contribution in [0.3, 0.4) is 0 Å². The predicted molar refractivity (Wildman–Crippen MR) is 126 cm³/mol. The van der Waals surface area contributed by atoms with E-state index in [0.29, 0.717) is 58.6 Å². The zero-order valence-electron chi connectivity index (χ0n) is 19.4. The van der Waals surface area contributed by atoms with Crippen molar-refractivity contribution in [3.05, 3.63) is 63.3 Å². The van der Waals surface area contributed by atoms with Crippen molar-refractivity contribution < 1.29 is 23.9 Å². The minimum absolute atomic E-state index is 0.0237. The second kappa shape index (κ2) is 8.75. The third kappa shape index (κ3) is 3.74. The normalized spacial score (nSPS) is 16.8. The molecule has 0 radical (unpaired) electrons. The van der Waals surface area contributed by atoms with E-state index in [1.54, 1.807) is 28.9 Å². The zero-order valence-corrected chi connectivity index (χ0v) is 19.4. The number of allylic oxidation sites excluding steroid dienone is 2. The highest BCUT2D eigenvalue weighted by atomic mass is 16.6. The van der Waals surface area contributed by atoms with Gasteiger partial charge in [0.25, 0.3) is 5.69 Å². The quantitative estimate of drug-likeness (QED) is 0.415. The molecular formula is C24H23N5O6. The number of non-ortho nitro benzene ring substituents is 1. The third-order valence-corrected chi connectivity index (χ3v) is 6.19. The highest BCUT2D eigenvalue weighted by Crippen LogP contribution is 2.45. The number of nitrogens with zero attached hydrogens (tertiary/aromatic N) is 4. The molecule has 1 N–H and O–H groups in total. The molecule has 1 atom stereocenters. The molecule has 0 amide bonds. The minimum Gasteiger partial charge on any atom is -0.493 e. The van der Waals surface area contributed by atoms with Crippen LogP contribution < -0.4 is 19.5 Å². The molecule has 1 aliphatic carbocycles. The second-order valence-corrected chi connectivity index (χ2v) is 8.17. The van der Waals surface area contributed by atoms with Gasteiger partial charge in [0.15, 0.2) is 23.1 Å². The number of ether oxygens (including phenoxy) is 3. The van der Waals surface area contributed by atoms with E-state index in [1.807, 2.05) is 0 Å². The van der Waals surface area contributed by atoms with E-state index in [1.165, 1.54) is 33.5 Å². The van der Waals surface area contributed by atoms with Crippen LogP contribution in [0.5, 0.6) is 17.2 Å². The topological polar surface area (TPSA) is 131 Å². The summed E-state index contributed by atoms with van der Waals surface area (Å²) in [5, 5.41) is 19.2. The van der Waals surface area contributed by atoms with Gasteiger partial charge in [-0.15, -0.1) is 5.10 Å². The van der Waals surface area contributed by atoms with Crippen LogP contribution in [0.15, 0.2) is 47.7 Å². The van der Waals surface area contributed by atoms with E-state index >= 15 is 0 Å². The Labute approximate surface area is 200 Å². The lowest BCUT2D eigenvalue weighted by Gasteiger charge is -2.32. The van der Waals surface area contributed by atoms with Crippen molar-refractivity contribution in [3.63, 3.8) is 0 Å². The van der Waals surface area contributed by atoms with Crippen LogP contribution in [-0.4, -0.2) is 46.8 Å². The average molecular weight is 477 g/mol. The van der Waals surface area contributed by atoms with Crippen LogP contribution in [0.25, 0.3) is 11.4 Å². The van der Waals surface area contributed by atoms with Crippen LogP contribution in [0.2, 0.25) is 0 Å². The summed E-state index contributed by atoms with van der Waals surface area (Å²) < 4.78 is 18.2. The summed E-state index contributed by atoms with van der Waals surface area (Å²) in [7, 11) is 4.58. The number of hydrogen-bond donors (Lipinski definition) is 1. The number of methoxy groups -OCH3 is 3. The smallest absolute Gasteiger partial charge is 0.270 e. The Morgan fingerprint density at radius 1 is 1.09 bits per heavy atom. The van der Waals surface area contributed by atoms with Crippen molar-refractivity contribution in [1.82, 2.24) is 14.8 Å². The monoisotopic (exact) mass is 477 g/mol. The number of rotatable bonds is 6. The molecule has 11 heteroatoms. The fraction of sp³-hybridized carbons (Fsp3) is 0.292. The maximum Gasteiger partial charge on any atom is 0.270 e. The van der Waals surface area contributed by atoms with Gasteiger partial charge in [-0.2, -0.15) is 4.98 Å². The van der Waals surface area contributed by atoms with Crippen LogP contribution in [0.1, 0.15) is 30.9 Å². The van der Waals surface area contributed by atoms with Crippen molar-refractivity contribution >= 4 is 17.4 Å². The van der Waals surface area contributed by atoms with Crippen LogP contribution >= 0.6 is 0 Å². The number of carbonyl (C=O) groups is 1. The van der Waals surface area contributed by atoms with E-state index in [-0.39, 0.29) is 11.5 Å². The zero-order chi connectivity index (χ0) is 24.7. The lowest BCUT2D eigenvalue weighted by molar-refractivity contribution is -0.384. The summed E-state index contributed by atoms with van der Waals surface area (Å²) in [5.74, 6) is 2.11. The van der Waals surface area contributed by atoms with Gasteiger partial charge in [0.1, 0.15) is 6.04 Å². The van der Waals surface area contributed by atoms with Gasteiger partial charge in [0.2, 0.25) is 11.7 Å². The predicted octanol–water partition coefficient (Wildman–Crippen LogP) is 3.90. The third-order valence-electron chi connectivity index (χ3n) is 6.19. The lowest BCUT2D eigenvalue weighted by Crippen LogP contribution is -2.31. The van der Waals surface area contributed by atoms with E-state index < -0.39 is 11.0 Å². The fourth-order valence-electron chi connectivity index (χ4n) is 4.60. The van der Waals surface area contributed by atoms with Crippen LogP contribution in [-0.2, 0) is 4.79 Å². The van der Waals surface area contributed by atoms with E-state index in [9.17, 15) is 14.9 Å². The van der Waals surface area contributed by atoms with Crippen molar-refractivity contribution in [2.45, 2.75) is 25.3 Å². The average Bonchev–Trinajstić information content (AvgIpc) is 3.30. The van der Waals surface area contributed by atoms with Crippen molar-refractivity contribution in [1.29, 1.82) is 0 Å². The Kier molecular flexibility index (Phi) is 5.59. The van der Waals surface area contributed by atoms with Gasteiger partial charge in [-0.25, -0.2) is 4.68 Å². The number of carbonyl (C=O) groups excluding carboxylic acids is 1. The molecular weight excluding hydrogens is 454 g/mol. The summed E-state index contributed by atoms with van der Waals surface area (Å²) in [6.07, 6.45) is 1.86. The number of anilines is 1. The molecule has 35 heavy (non-hydrogen) atoms.